The Kier molecular flexibility index (Phi) is 6.47. The summed E-state index contributed by atoms with van der Waals surface area (Å²) in [6, 6.07) is 7.44. The van der Waals surface area contributed by atoms with E-state index < -0.39 is 4.92 Å². The monoisotopic (exact) mass is 430 g/mol. The molecule has 1 aromatic carbocycles. The van der Waals surface area contributed by atoms with Crippen LogP contribution in [0.1, 0.15) is 21.9 Å². The summed E-state index contributed by atoms with van der Waals surface area (Å²) in [5.74, 6) is 0.0303. The third-order valence-corrected chi connectivity index (χ3v) is 5.14. The molecule has 2 N–H and O–H groups in total. The number of amides is 2. The van der Waals surface area contributed by atoms with Gasteiger partial charge in [0.1, 0.15) is 0 Å². The molecule has 0 bridgehead atoms. The van der Waals surface area contributed by atoms with Crippen LogP contribution in [0.2, 0.25) is 0 Å². The van der Waals surface area contributed by atoms with Crippen molar-refractivity contribution in [3.05, 3.63) is 63.9 Å². The lowest BCUT2D eigenvalue weighted by Gasteiger charge is -2.08. The van der Waals surface area contributed by atoms with E-state index in [9.17, 15) is 19.7 Å². The molecular formula is C18H18N6O5S. The van der Waals surface area contributed by atoms with Gasteiger partial charge in [-0.05, 0) is 24.6 Å². The smallest absolute Gasteiger partial charge is 0.287 e. The molecule has 3 aromatic rings. The SMILES string of the molecule is Cc1ccc([N+](=O)[O-])cc1NC(=O)CSc1nnc(CNC(=O)c2ccco2)n1C. The number of furan rings is 1. The topological polar surface area (TPSA) is 145 Å². The number of anilines is 1. The molecule has 0 saturated heterocycles. The lowest BCUT2D eigenvalue weighted by Crippen LogP contribution is -2.24. The highest BCUT2D eigenvalue weighted by molar-refractivity contribution is 7.99. The summed E-state index contributed by atoms with van der Waals surface area (Å²) in [5, 5.41) is 24.8. The van der Waals surface area contributed by atoms with Crippen LogP contribution < -0.4 is 10.6 Å². The molecule has 0 aliphatic rings. The third kappa shape index (κ3) is 5.03. The second-order valence-electron chi connectivity index (χ2n) is 6.21. The summed E-state index contributed by atoms with van der Waals surface area (Å²) in [4.78, 5) is 34.6. The van der Waals surface area contributed by atoms with E-state index in [0.717, 1.165) is 11.8 Å². The summed E-state index contributed by atoms with van der Waals surface area (Å²) in [7, 11) is 1.72. The number of nitro groups is 1. The number of carbonyl (C=O) groups excluding carboxylic acids is 2. The van der Waals surface area contributed by atoms with Crippen molar-refractivity contribution in [1.82, 2.24) is 20.1 Å². The van der Waals surface area contributed by atoms with Crippen molar-refractivity contribution in [2.45, 2.75) is 18.6 Å². The summed E-state index contributed by atoms with van der Waals surface area (Å²) in [6.45, 7) is 1.89. The molecule has 11 nitrogen and oxygen atoms in total. The summed E-state index contributed by atoms with van der Waals surface area (Å²) in [6.07, 6.45) is 1.41. The number of rotatable bonds is 8. The number of nitrogens with zero attached hydrogens (tertiary/aromatic N) is 4. The van der Waals surface area contributed by atoms with Crippen molar-refractivity contribution in [3.8, 4) is 0 Å². The molecule has 2 amide bonds. The molecule has 0 aliphatic carbocycles. The van der Waals surface area contributed by atoms with Crippen molar-refractivity contribution in [1.29, 1.82) is 0 Å². The number of benzene rings is 1. The van der Waals surface area contributed by atoms with Gasteiger partial charge in [-0.3, -0.25) is 19.7 Å². The molecule has 2 aromatic heterocycles. The third-order valence-electron chi connectivity index (χ3n) is 4.12. The van der Waals surface area contributed by atoms with Gasteiger partial charge in [-0.15, -0.1) is 10.2 Å². The van der Waals surface area contributed by atoms with Crippen LogP contribution in [0.15, 0.2) is 46.2 Å². The minimum absolute atomic E-state index is 0.0346. The van der Waals surface area contributed by atoms with E-state index in [0.29, 0.717) is 22.2 Å². The number of carbonyl (C=O) groups is 2. The van der Waals surface area contributed by atoms with E-state index in [-0.39, 0.29) is 35.6 Å². The van der Waals surface area contributed by atoms with Gasteiger partial charge >= 0.3 is 0 Å². The molecular weight excluding hydrogens is 412 g/mol. The predicted molar refractivity (Wildman–Crippen MR) is 108 cm³/mol. The minimum atomic E-state index is -0.518. The summed E-state index contributed by atoms with van der Waals surface area (Å²) in [5.41, 5.74) is 0.999. The number of thioether (sulfide) groups is 1. The summed E-state index contributed by atoms with van der Waals surface area (Å²) >= 11 is 1.16. The zero-order chi connectivity index (χ0) is 21.7. The molecule has 0 radical (unpaired) electrons. The van der Waals surface area contributed by atoms with Gasteiger partial charge in [-0.25, -0.2) is 0 Å². The Morgan fingerprint density at radius 1 is 1.30 bits per heavy atom. The van der Waals surface area contributed by atoms with Crippen LogP contribution >= 0.6 is 11.8 Å². The summed E-state index contributed by atoms with van der Waals surface area (Å²) < 4.78 is 6.69. The molecule has 0 spiro atoms. The molecule has 12 heteroatoms. The van der Waals surface area contributed by atoms with Crippen LogP contribution in [0, 0.1) is 17.0 Å². The van der Waals surface area contributed by atoms with Crippen molar-refractivity contribution >= 4 is 35.0 Å². The van der Waals surface area contributed by atoms with Crippen LogP contribution in [0.4, 0.5) is 11.4 Å². The molecule has 0 fully saturated rings. The zero-order valence-corrected chi connectivity index (χ0v) is 16.9. The maximum Gasteiger partial charge on any atom is 0.287 e. The van der Waals surface area contributed by atoms with Gasteiger partial charge in [-0.2, -0.15) is 0 Å². The van der Waals surface area contributed by atoms with Crippen LogP contribution in [0.3, 0.4) is 0 Å². The van der Waals surface area contributed by atoms with E-state index in [4.69, 9.17) is 4.42 Å². The number of aryl methyl sites for hydroxylation is 1. The van der Waals surface area contributed by atoms with Crippen LogP contribution in [0.5, 0.6) is 0 Å². The van der Waals surface area contributed by atoms with Gasteiger partial charge in [0.15, 0.2) is 16.7 Å². The van der Waals surface area contributed by atoms with Gasteiger partial charge in [0.2, 0.25) is 5.91 Å². The fourth-order valence-electron chi connectivity index (χ4n) is 2.45. The van der Waals surface area contributed by atoms with E-state index in [1.807, 2.05) is 0 Å². The molecule has 0 aliphatic heterocycles. The highest BCUT2D eigenvalue weighted by atomic mass is 32.2. The van der Waals surface area contributed by atoms with Crippen LogP contribution in [-0.2, 0) is 18.4 Å². The molecule has 156 valence electrons. The van der Waals surface area contributed by atoms with Crippen molar-refractivity contribution in [2.75, 3.05) is 11.1 Å². The fraction of sp³-hybridized carbons (Fsp3) is 0.222. The average Bonchev–Trinajstić information content (AvgIpc) is 3.36. The number of hydrogen-bond acceptors (Lipinski definition) is 8. The fourth-order valence-corrected chi connectivity index (χ4v) is 3.18. The first kappa shape index (κ1) is 21.0. The van der Waals surface area contributed by atoms with E-state index in [2.05, 4.69) is 20.8 Å². The van der Waals surface area contributed by atoms with Gasteiger partial charge in [-0.1, -0.05) is 17.8 Å². The molecule has 0 atom stereocenters. The Hall–Kier alpha value is -3.67. The number of nitrogens with one attached hydrogen (secondary N) is 2. The second-order valence-corrected chi connectivity index (χ2v) is 7.15. The minimum Gasteiger partial charge on any atom is -0.459 e. The Morgan fingerprint density at radius 3 is 2.80 bits per heavy atom. The van der Waals surface area contributed by atoms with Crippen LogP contribution in [-0.4, -0.2) is 37.3 Å². The number of nitro benzene ring substituents is 1. The van der Waals surface area contributed by atoms with E-state index in [1.165, 1.54) is 18.4 Å². The molecule has 0 saturated carbocycles. The average molecular weight is 430 g/mol. The lowest BCUT2D eigenvalue weighted by molar-refractivity contribution is -0.384. The maximum absolute atomic E-state index is 12.3. The number of aromatic nitrogens is 3. The van der Waals surface area contributed by atoms with Crippen LogP contribution in [0.25, 0.3) is 0 Å². The zero-order valence-electron chi connectivity index (χ0n) is 16.1. The largest absolute Gasteiger partial charge is 0.459 e. The first-order valence-electron chi connectivity index (χ1n) is 8.73. The highest BCUT2D eigenvalue weighted by Gasteiger charge is 2.15. The van der Waals surface area contributed by atoms with E-state index >= 15 is 0 Å². The standard InChI is InChI=1S/C18H18N6O5S/c1-11-5-6-12(24(27)28)8-13(11)20-16(25)10-30-18-22-21-15(23(18)2)9-19-17(26)14-4-3-7-29-14/h3-8H,9-10H2,1-2H3,(H,19,26)(H,20,25). The second kappa shape index (κ2) is 9.22. The van der Waals surface area contributed by atoms with E-state index in [1.54, 1.807) is 36.7 Å². The van der Waals surface area contributed by atoms with Gasteiger partial charge in [0.05, 0.1) is 29.2 Å². The Balaban J connectivity index is 1.55. The molecule has 2 heterocycles. The van der Waals surface area contributed by atoms with Gasteiger partial charge < -0.3 is 19.6 Å². The highest BCUT2D eigenvalue weighted by Crippen LogP contribution is 2.23. The Morgan fingerprint density at radius 2 is 2.10 bits per heavy atom. The lowest BCUT2D eigenvalue weighted by atomic mass is 10.2. The molecule has 0 unspecified atom stereocenters. The van der Waals surface area contributed by atoms with Crippen molar-refractivity contribution in [2.24, 2.45) is 7.05 Å². The quantitative estimate of drug-likeness (QED) is 0.314. The van der Waals surface area contributed by atoms with Gasteiger partial charge in [0.25, 0.3) is 11.6 Å². The Labute approximate surface area is 175 Å². The molecule has 30 heavy (non-hydrogen) atoms. The first-order chi connectivity index (χ1) is 14.3. The predicted octanol–water partition coefficient (Wildman–Crippen LogP) is 2.29. The normalized spacial score (nSPS) is 10.6. The number of hydrogen-bond donors (Lipinski definition) is 2. The van der Waals surface area contributed by atoms with Crippen molar-refractivity contribution < 1.29 is 18.9 Å². The first-order valence-corrected chi connectivity index (χ1v) is 9.71. The van der Waals surface area contributed by atoms with Gasteiger partial charge in [0, 0.05) is 19.2 Å². The van der Waals surface area contributed by atoms with Crippen molar-refractivity contribution in [3.63, 3.8) is 0 Å². The maximum atomic E-state index is 12.3. The Bertz CT molecular complexity index is 1080. The molecule has 3 rings (SSSR count). The number of non-ortho nitro benzene ring substituents is 1.